The number of rotatable bonds is 5. The van der Waals surface area contributed by atoms with Gasteiger partial charge < -0.3 is 15.8 Å². The lowest BCUT2D eigenvalue weighted by Crippen LogP contribution is -2.45. The van der Waals surface area contributed by atoms with Gasteiger partial charge in [0, 0.05) is 24.9 Å². The van der Waals surface area contributed by atoms with E-state index in [4.69, 9.17) is 10.5 Å². The predicted octanol–water partition coefficient (Wildman–Crippen LogP) is 1.19. The van der Waals surface area contributed by atoms with Crippen LogP contribution in [0.3, 0.4) is 0 Å². The van der Waals surface area contributed by atoms with Crippen molar-refractivity contribution in [2.75, 3.05) is 25.6 Å². The monoisotopic (exact) mass is 277 g/mol. The van der Waals surface area contributed by atoms with Gasteiger partial charge in [-0.05, 0) is 38.1 Å². The van der Waals surface area contributed by atoms with E-state index in [-0.39, 0.29) is 11.9 Å². The summed E-state index contributed by atoms with van der Waals surface area (Å²) in [7, 11) is 1.97. The van der Waals surface area contributed by atoms with Gasteiger partial charge in [0.2, 0.25) is 5.91 Å². The molecule has 1 amide bonds. The lowest BCUT2D eigenvalue weighted by atomic mass is 10.1. The first-order valence-corrected chi connectivity index (χ1v) is 7.01. The van der Waals surface area contributed by atoms with Crippen molar-refractivity contribution >= 4 is 11.6 Å². The van der Waals surface area contributed by atoms with Crippen LogP contribution in [0.25, 0.3) is 0 Å². The van der Waals surface area contributed by atoms with E-state index in [9.17, 15) is 4.79 Å². The number of nitrogens with zero attached hydrogens (tertiary/aromatic N) is 1. The zero-order chi connectivity index (χ0) is 14.5. The Hall–Kier alpha value is -1.43. The highest BCUT2D eigenvalue weighted by Gasteiger charge is 2.27. The van der Waals surface area contributed by atoms with Crippen LogP contribution in [0.5, 0.6) is 0 Å². The molecule has 20 heavy (non-hydrogen) atoms. The third-order valence-corrected chi connectivity index (χ3v) is 3.93. The van der Waals surface area contributed by atoms with Crippen molar-refractivity contribution in [2.45, 2.75) is 32.0 Å². The summed E-state index contributed by atoms with van der Waals surface area (Å²) in [4.78, 5) is 14.3. The van der Waals surface area contributed by atoms with Gasteiger partial charge in [-0.25, -0.2) is 0 Å². The number of hydrogen-bond acceptors (Lipinski definition) is 4. The van der Waals surface area contributed by atoms with Crippen LogP contribution >= 0.6 is 0 Å². The average Bonchev–Trinajstić information content (AvgIpc) is 3.00. The van der Waals surface area contributed by atoms with Crippen LogP contribution < -0.4 is 11.1 Å². The van der Waals surface area contributed by atoms with Gasteiger partial charge in [-0.2, -0.15) is 0 Å². The summed E-state index contributed by atoms with van der Waals surface area (Å²) >= 11 is 0. The summed E-state index contributed by atoms with van der Waals surface area (Å²) in [5.74, 6) is -0.0000940. The molecular weight excluding hydrogens is 254 g/mol. The molecule has 2 rings (SSSR count). The number of nitrogens with two attached hydrogens (primary N) is 1. The highest BCUT2D eigenvalue weighted by atomic mass is 16.5. The molecule has 1 aliphatic heterocycles. The van der Waals surface area contributed by atoms with E-state index in [0.29, 0.717) is 19.2 Å². The minimum Gasteiger partial charge on any atom is -0.380 e. The van der Waals surface area contributed by atoms with Crippen LogP contribution in [0.2, 0.25) is 0 Å². The van der Waals surface area contributed by atoms with Crippen LogP contribution in [0.1, 0.15) is 18.9 Å². The Morgan fingerprint density at radius 1 is 1.50 bits per heavy atom. The molecule has 110 valence electrons. The van der Waals surface area contributed by atoms with Crippen molar-refractivity contribution < 1.29 is 9.53 Å². The average molecular weight is 277 g/mol. The summed E-state index contributed by atoms with van der Waals surface area (Å²) in [6.45, 7) is 3.92. The molecule has 0 saturated carbocycles. The van der Waals surface area contributed by atoms with Crippen molar-refractivity contribution in [1.29, 1.82) is 0 Å². The molecule has 0 radical (unpaired) electrons. The fraction of sp³-hybridized carbons (Fsp3) is 0.533. The summed E-state index contributed by atoms with van der Waals surface area (Å²) in [5, 5.41) is 2.94. The largest absolute Gasteiger partial charge is 0.380 e. The lowest BCUT2D eigenvalue weighted by Gasteiger charge is -2.28. The number of nitrogens with one attached hydrogen (secondary N) is 1. The number of benzene rings is 1. The topological polar surface area (TPSA) is 67.6 Å². The van der Waals surface area contributed by atoms with Gasteiger partial charge in [0.25, 0.3) is 0 Å². The number of amides is 1. The molecule has 1 saturated heterocycles. The van der Waals surface area contributed by atoms with Crippen LogP contribution in [-0.4, -0.2) is 43.2 Å². The Bertz CT molecular complexity index is 441. The maximum atomic E-state index is 12.2. The molecule has 0 spiro atoms. The Morgan fingerprint density at radius 3 is 2.75 bits per heavy atom. The van der Waals surface area contributed by atoms with E-state index in [0.717, 1.165) is 24.3 Å². The molecule has 0 aromatic heterocycles. The molecule has 0 aliphatic carbocycles. The molecule has 1 aromatic rings. The van der Waals surface area contributed by atoms with Crippen LogP contribution in [0.4, 0.5) is 5.69 Å². The molecule has 1 heterocycles. The van der Waals surface area contributed by atoms with Gasteiger partial charge in [0.1, 0.15) is 0 Å². The standard InChI is InChI=1S/C15H23N3O2/c1-11(18(2)14-7-8-20-10-14)15(19)17-13-5-3-12(9-16)4-6-13/h3-6,11,14H,7-10,16H2,1-2H3,(H,17,19). The van der Waals surface area contributed by atoms with E-state index >= 15 is 0 Å². The number of hydrogen-bond donors (Lipinski definition) is 2. The first kappa shape index (κ1) is 15.0. The van der Waals surface area contributed by atoms with Gasteiger partial charge in [-0.1, -0.05) is 12.1 Å². The van der Waals surface area contributed by atoms with Gasteiger partial charge >= 0.3 is 0 Å². The zero-order valence-electron chi connectivity index (χ0n) is 12.1. The molecule has 3 N–H and O–H groups in total. The Labute approximate surface area is 120 Å². The Morgan fingerprint density at radius 2 is 2.20 bits per heavy atom. The van der Waals surface area contributed by atoms with E-state index in [1.54, 1.807) is 0 Å². The van der Waals surface area contributed by atoms with Crippen molar-refractivity contribution in [2.24, 2.45) is 5.73 Å². The normalized spacial score (nSPS) is 20.1. The van der Waals surface area contributed by atoms with E-state index in [2.05, 4.69) is 10.2 Å². The number of carbonyl (C=O) groups is 1. The summed E-state index contributed by atoms with van der Waals surface area (Å²) in [6, 6.07) is 7.76. The highest BCUT2D eigenvalue weighted by Crippen LogP contribution is 2.15. The van der Waals surface area contributed by atoms with Gasteiger partial charge in [-0.3, -0.25) is 9.69 Å². The maximum absolute atomic E-state index is 12.2. The molecule has 0 bridgehead atoms. The van der Waals surface area contributed by atoms with Gasteiger partial charge in [0.15, 0.2) is 0 Å². The van der Waals surface area contributed by atoms with E-state index in [1.807, 2.05) is 38.2 Å². The SMILES string of the molecule is CC(C(=O)Nc1ccc(CN)cc1)N(C)C1CCOC1. The quantitative estimate of drug-likeness (QED) is 0.848. The first-order valence-electron chi connectivity index (χ1n) is 7.01. The minimum atomic E-state index is -0.184. The van der Waals surface area contributed by atoms with Gasteiger partial charge in [0.05, 0.1) is 12.6 Å². The van der Waals surface area contributed by atoms with Crippen molar-refractivity contribution in [1.82, 2.24) is 4.90 Å². The third-order valence-electron chi connectivity index (χ3n) is 3.93. The third kappa shape index (κ3) is 3.56. The molecule has 1 fully saturated rings. The zero-order valence-corrected chi connectivity index (χ0v) is 12.1. The molecule has 5 nitrogen and oxygen atoms in total. The number of ether oxygens (including phenoxy) is 1. The summed E-state index contributed by atoms with van der Waals surface area (Å²) in [5.41, 5.74) is 7.41. The number of carbonyl (C=O) groups excluding carboxylic acids is 1. The van der Waals surface area contributed by atoms with Crippen molar-refractivity contribution in [3.8, 4) is 0 Å². The van der Waals surface area contributed by atoms with Crippen LogP contribution in [0, 0.1) is 0 Å². The van der Waals surface area contributed by atoms with Crippen molar-refractivity contribution in [3.05, 3.63) is 29.8 Å². The molecule has 5 heteroatoms. The Kier molecular flexibility index (Phi) is 5.11. The smallest absolute Gasteiger partial charge is 0.241 e. The molecule has 2 atom stereocenters. The molecular formula is C15H23N3O2. The van der Waals surface area contributed by atoms with Crippen molar-refractivity contribution in [3.63, 3.8) is 0 Å². The second-order valence-corrected chi connectivity index (χ2v) is 5.25. The molecule has 1 aliphatic rings. The fourth-order valence-electron chi connectivity index (χ4n) is 2.32. The summed E-state index contributed by atoms with van der Waals surface area (Å²) in [6.07, 6.45) is 0.985. The number of likely N-dealkylation sites (N-methyl/N-ethyl adjacent to an activating group) is 1. The number of anilines is 1. The Balaban J connectivity index is 1.92. The van der Waals surface area contributed by atoms with Crippen LogP contribution in [0.15, 0.2) is 24.3 Å². The molecule has 2 unspecified atom stereocenters. The van der Waals surface area contributed by atoms with E-state index in [1.165, 1.54) is 0 Å². The van der Waals surface area contributed by atoms with Crippen LogP contribution in [-0.2, 0) is 16.1 Å². The van der Waals surface area contributed by atoms with Gasteiger partial charge in [-0.15, -0.1) is 0 Å². The second-order valence-electron chi connectivity index (χ2n) is 5.25. The first-order chi connectivity index (χ1) is 9.61. The molecule has 1 aromatic carbocycles. The second kappa shape index (κ2) is 6.83. The predicted molar refractivity (Wildman–Crippen MR) is 79.4 cm³/mol. The lowest BCUT2D eigenvalue weighted by molar-refractivity contribution is -0.121. The summed E-state index contributed by atoms with van der Waals surface area (Å²) < 4.78 is 5.37. The van der Waals surface area contributed by atoms with E-state index < -0.39 is 0 Å². The minimum absolute atomic E-state index is 0.0000940. The fourth-order valence-corrected chi connectivity index (χ4v) is 2.32. The highest BCUT2D eigenvalue weighted by molar-refractivity contribution is 5.94. The maximum Gasteiger partial charge on any atom is 0.241 e.